The van der Waals surface area contributed by atoms with E-state index in [0.717, 1.165) is 19.4 Å². The van der Waals surface area contributed by atoms with E-state index < -0.39 is 0 Å². The minimum atomic E-state index is -0.161. The van der Waals surface area contributed by atoms with Crippen LogP contribution in [0.4, 0.5) is 5.69 Å². The van der Waals surface area contributed by atoms with Crippen molar-refractivity contribution in [2.45, 2.75) is 45.3 Å². The summed E-state index contributed by atoms with van der Waals surface area (Å²) in [4.78, 5) is 14.5. The van der Waals surface area contributed by atoms with Crippen molar-refractivity contribution in [1.82, 2.24) is 20.0 Å². The molecule has 1 amide bonds. The van der Waals surface area contributed by atoms with Crippen molar-refractivity contribution in [2.24, 2.45) is 0 Å². The molecule has 0 aromatic carbocycles. The van der Waals surface area contributed by atoms with Gasteiger partial charge >= 0.3 is 0 Å². The number of anilines is 1. The molecule has 3 N–H and O–H groups in total. The first-order chi connectivity index (χ1) is 9.01. The first-order valence-electron chi connectivity index (χ1n) is 6.85. The third-order valence-electron chi connectivity index (χ3n) is 3.87. The lowest BCUT2D eigenvalue weighted by molar-refractivity contribution is 0.0891. The first-order valence-corrected chi connectivity index (χ1v) is 6.85. The van der Waals surface area contributed by atoms with Crippen molar-refractivity contribution in [3.8, 4) is 0 Å². The largest absolute Gasteiger partial charge is 0.396 e. The van der Waals surface area contributed by atoms with Gasteiger partial charge in [0.15, 0.2) is 5.69 Å². The van der Waals surface area contributed by atoms with E-state index in [1.165, 1.54) is 0 Å². The molecule has 1 aliphatic rings. The van der Waals surface area contributed by atoms with Gasteiger partial charge in [-0.1, -0.05) is 0 Å². The number of aryl methyl sites for hydroxylation is 1. The zero-order valence-corrected chi connectivity index (χ0v) is 11.9. The number of carbonyl (C=O) groups excluding carboxylic acids is 1. The third-order valence-corrected chi connectivity index (χ3v) is 3.87. The van der Waals surface area contributed by atoms with E-state index in [2.05, 4.69) is 29.3 Å². The lowest BCUT2D eigenvalue weighted by Crippen LogP contribution is -2.47. The van der Waals surface area contributed by atoms with Crippen LogP contribution in [-0.4, -0.2) is 46.3 Å². The van der Waals surface area contributed by atoms with Gasteiger partial charge in [-0.25, -0.2) is 0 Å². The van der Waals surface area contributed by atoms with Crippen molar-refractivity contribution in [1.29, 1.82) is 0 Å². The number of piperidine rings is 1. The second-order valence-electron chi connectivity index (χ2n) is 5.31. The van der Waals surface area contributed by atoms with Crippen molar-refractivity contribution >= 4 is 11.6 Å². The summed E-state index contributed by atoms with van der Waals surface area (Å²) in [7, 11) is 2.11. The van der Waals surface area contributed by atoms with E-state index in [-0.39, 0.29) is 11.9 Å². The molecule has 1 aromatic rings. The molecule has 6 nitrogen and oxygen atoms in total. The summed E-state index contributed by atoms with van der Waals surface area (Å²) < 4.78 is 1.68. The molecule has 0 spiro atoms. The number of amides is 1. The summed E-state index contributed by atoms with van der Waals surface area (Å²) in [5, 5.41) is 7.24. The van der Waals surface area contributed by atoms with Crippen LogP contribution in [-0.2, 0) is 6.54 Å². The van der Waals surface area contributed by atoms with Crippen LogP contribution >= 0.6 is 0 Å². The Kier molecular flexibility index (Phi) is 4.09. The highest BCUT2D eigenvalue weighted by Gasteiger charge is 2.25. The number of hydrogen-bond donors (Lipinski definition) is 2. The van der Waals surface area contributed by atoms with E-state index in [9.17, 15) is 4.79 Å². The molecule has 0 saturated carbocycles. The number of nitrogen functional groups attached to an aromatic ring is 1. The van der Waals surface area contributed by atoms with E-state index >= 15 is 0 Å². The maximum atomic E-state index is 12.2. The van der Waals surface area contributed by atoms with Crippen LogP contribution in [0.2, 0.25) is 0 Å². The topological polar surface area (TPSA) is 76.2 Å². The molecular formula is C13H23N5O. The van der Waals surface area contributed by atoms with Gasteiger partial charge in [-0.05, 0) is 33.7 Å². The van der Waals surface area contributed by atoms with Crippen LogP contribution in [0.25, 0.3) is 0 Å². The predicted molar refractivity (Wildman–Crippen MR) is 74.9 cm³/mol. The molecule has 1 aliphatic heterocycles. The number of nitrogens with one attached hydrogen (secondary N) is 1. The molecule has 2 unspecified atom stereocenters. The van der Waals surface area contributed by atoms with Gasteiger partial charge in [-0.2, -0.15) is 5.10 Å². The molecule has 2 atom stereocenters. The molecule has 1 saturated heterocycles. The Morgan fingerprint density at radius 3 is 2.95 bits per heavy atom. The number of rotatable bonds is 3. The average molecular weight is 265 g/mol. The Balaban J connectivity index is 1.99. The number of carbonyl (C=O) groups is 1. The zero-order valence-electron chi connectivity index (χ0n) is 11.9. The first kappa shape index (κ1) is 13.9. The molecule has 19 heavy (non-hydrogen) atoms. The molecular weight excluding hydrogens is 242 g/mol. The van der Waals surface area contributed by atoms with Crippen LogP contribution < -0.4 is 11.1 Å². The number of hydrogen-bond acceptors (Lipinski definition) is 4. The van der Waals surface area contributed by atoms with Crippen molar-refractivity contribution in [2.75, 3.05) is 19.3 Å². The smallest absolute Gasteiger partial charge is 0.274 e. The van der Waals surface area contributed by atoms with Crippen molar-refractivity contribution < 1.29 is 4.79 Å². The van der Waals surface area contributed by atoms with Crippen LogP contribution in [0, 0.1) is 0 Å². The summed E-state index contributed by atoms with van der Waals surface area (Å²) in [5.74, 6) is -0.161. The van der Waals surface area contributed by atoms with E-state index in [4.69, 9.17) is 5.73 Å². The molecule has 0 bridgehead atoms. The average Bonchev–Trinajstić information content (AvgIpc) is 2.75. The van der Waals surface area contributed by atoms with Crippen molar-refractivity contribution in [3.63, 3.8) is 0 Å². The Bertz CT molecular complexity index is 456. The van der Waals surface area contributed by atoms with Gasteiger partial charge in [0.1, 0.15) is 0 Å². The van der Waals surface area contributed by atoms with Crippen LogP contribution in [0.5, 0.6) is 0 Å². The highest BCUT2D eigenvalue weighted by Crippen LogP contribution is 2.16. The Hall–Kier alpha value is -1.56. The quantitative estimate of drug-likeness (QED) is 0.843. The van der Waals surface area contributed by atoms with Gasteiger partial charge in [-0.3, -0.25) is 9.48 Å². The fourth-order valence-corrected chi connectivity index (χ4v) is 2.45. The Labute approximate surface area is 113 Å². The van der Waals surface area contributed by atoms with Gasteiger partial charge < -0.3 is 16.0 Å². The third kappa shape index (κ3) is 3.07. The highest BCUT2D eigenvalue weighted by molar-refractivity contribution is 5.97. The summed E-state index contributed by atoms with van der Waals surface area (Å²) in [5.41, 5.74) is 6.61. The second kappa shape index (κ2) is 5.61. The Morgan fingerprint density at radius 1 is 1.63 bits per heavy atom. The monoisotopic (exact) mass is 265 g/mol. The summed E-state index contributed by atoms with van der Waals surface area (Å²) in [6, 6.07) is 0.703. The maximum absolute atomic E-state index is 12.2. The molecule has 0 aliphatic carbocycles. The lowest BCUT2D eigenvalue weighted by Gasteiger charge is -2.35. The Morgan fingerprint density at radius 2 is 2.37 bits per heavy atom. The van der Waals surface area contributed by atoms with Crippen molar-refractivity contribution in [3.05, 3.63) is 11.9 Å². The summed E-state index contributed by atoms with van der Waals surface area (Å²) in [6.07, 6.45) is 3.64. The van der Waals surface area contributed by atoms with E-state index in [1.54, 1.807) is 10.9 Å². The standard InChI is InChI=1S/C13H23N5O/c1-4-18-8-11(14)12(16-18)13(19)15-10-5-6-17(3)9(2)7-10/h8-10H,4-7,14H2,1-3H3,(H,15,19). The zero-order chi connectivity index (χ0) is 14.0. The van der Waals surface area contributed by atoms with Crippen LogP contribution in [0.1, 0.15) is 37.2 Å². The maximum Gasteiger partial charge on any atom is 0.274 e. The molecule has 1 fully saturated rings. The second-order valence-corrected chi connectivity index (χ2v) is 5.31. The van der Waals surface area contributed by atoms with E-state index in [0.29, 0.717) is 24.0 Å². The molecule has 106 valence electrons. The van der Waals surface area contributed by atoms with Gasteiger partial charge in [0, 0.05) is 31.4 Å². The van der Waals surface area contributed by atoms with E-state index in [1.807, 2.05) is 6.92 Å². The number of nitrogens with zero attached hydrogens (tertiary/aromatic N) is 3. The van der Waals surface area contributed by atoms with Gasteiger partial charge in [0.05, 0.1) is 5.69 Å². The molecule has 6 heteroatoms. The van der Waals surface area contributed by atoms with Crippen LogP contribution in [0.15, 0.2) is 6.20 Å². The van der Waals surface area contributed by atoms with Gasteiger partial charge in [0.2, 0.25) is 0 Å². The normalized spacial score (nSPS) is 24.4. The summed E-state index contributed by atoms with van der Waals surface area (Å²) in [6.45, 7) is 5.86. The van der Waals surface area contributed by atoms with Crippen LogP contribution in [0.3, 0.4) is 0 Å². The van der Waals surface area contributed by atoms with Gasteiger partial charge in [0.25, 0.3) is 5.91 Å². The summed E-state index contributed by atoms with van der Waals surface area (Å²) >= 11 is 0. The highest BCUT2D eigenvalue weighted by atomic mass is 16.2. The minimum Gasteiger partial charge on any atom is -0.396 e. The minimum absolute atomic E-state index is 0.161. The van der Waals surface area contributed by atoms with Gasteiger partial charge in [-0.15, -0.1) is 0 Å². The molecule has 1 aromatic heterocycles. The predicted octanol–water partition coefficient (Wildman–Crippen LogP) is 0.698. The molecule has 2 rings (SSSR count). The number of nitrogens with two attached hydrogens (primary N) is 1. The SMILES string of the molecule is CCn1cc(N)c(C(=O)NC2CCN(C)C(C)C2)n1. The molecule has 0 radical (unpaired) electrons. The fraction of sp³-hybridized carbons (Fsp3) is 0.692. The number of likely N-dealkylation sites (tertiary alicyclic amines) is 1. The lowest BCUT2D eigenvalue weighted by atomic mass is 9.99. The molecule has 2 heterocycles. The number of aromatic nitrogens is 2. The fourth-order valence-electron chi connectivity index (χ4n) is 2.45.